The highest BCUT2D eigenvalue weighted by Gasteiger charge is 2.80. The largest absolute Gasteiger partial charge is 0.507 e. The Balaban J connectivity index is 1.60. The fraction of sp³-hybridized carbons (Fsp3) is 0.306. The first-order valence-electron chi connectivity index (χ1n) is 19.3. The van der Waals surface area contributed by atoms with Gasteiger partial charge >= 0.3 is 17.8 Å². The molecule has 0 saturated heterocycles. The number of aryl methyl sites for hydroxylation is 4. The van der Waals surface area contributed by atoms with Crippen LogP contribution in [0.2, 0.25) is 0 Å². The van der Waals surface area contributed by atoms with Gasteiger partial charge in [-0.3, -0.25) is 0 Å². The molecule has 0 amide bonds. The van der Waals surface area contributed by atoms with E-state index in [1.165, 1.54) is 12.1 Å². The molecule has 308 valence electrons. The summed E-state index contributed by atoms with van der Waals surface area (Å²) in [5, 5.41) is 21.1. The number of phenolic OH excluding ortho intramolecular Hbond substituents is 2. The van der Waals surface area contributed by atoms with Crippen LogP contribution in [-0.2, 0) is 10.8 Å². The average Bonchev–Trinajstić information content (AvgIpc) is 3.81. The van der Waals surface area contributed by atoms with Gasteiger partial charge in [0.05, 0.1) is 0 Å². The minimum absolute atomic E-state index is 0.0467. The lowest BCUT2D eigenvalue weighted by molar-refractivity contribution is -0.254. The molecule has 2 aromatic heterocycles. The van der Waals surface area contributed by atoms with Gasteiger partial charge in [-0.1, -0.05) is 90.1 Å². The van der Waals surface area contributed by atoms with Gasteiger partial charge in [0.2, 0.25) is 0 Å². The molecule has 0 fully saturated rings. The van der Waals surface area contributed by atoms with Crippen molar-refractivity contribution in [3.63, 3.8) is 0 Å². The second-order valence-corrected chi connectivity index (χ2v) is 19.9. The second-order valence-electron chi connectivity index (χ2n) is 17.8. The number of hydrogen-bond donors (Lipinski definition) is 2. The highest BCUT2D eigenvalue weighted by Crippen LogP contribution is 2.67. The van der Waals surface area contributed by atoms with Gasteiger partial charge in [-0.2, -0.15) is 26.3 Å². The normalized spacial score (nSPS) is 16.3. The van der Waals surface area contributed by atoms with E-state index in [9.17, 15) is 10.2 Å². The Morgan fingerprint density at radius 2 is 0.729 bits per heavy atom. The second kappa shape index (κ2) is 14.2. The first-order valence-corrected chi connectivity index (χ1v) is 20.9. The van der Waals surface area contributed by atoms with Crippen molar-refractivity contribution in [2.24, 2.45) is 0 Å². The highest BCUT2D eigenvalue weighted by atomic mass is 32.1. The van der Waals surface area contributed by atoms with Crippen LogP contribution in [0.1, 0.15) is 86.1 Å². The van der Waals surface area contributed by atoms with Gasteiger partial charge in [-0.25, -0.2) is 0 Å². The van der Waals surface area contributed by atoms with Gasteiger partial charge in [0.15, 0.2) is 0 Å². The minimum Gasteiger partial charge on any atom is -0.507 e. The number of phenols is 2. The third kappa shape index (κ3) is 6.99. The predicted octanol–water partition coefficient (Wildman–Crippen LogP) is 15.5. The number of rotatable bonds is 6. The van der Waals surface area contributed by atoms with E-state index in [-0.39, 0.29) is 32.1 Å². The lowest BCUT2D eigenvalue weighted by Crippen LogP contribution is -2.48. The molecule has 10 heteroatoms. The summed E-state index contributed by atoms with van der Waals surface area (Å²) in [5.41, 5.74) is 1.44. The van der Waals surface area contributed by atoms with E-state index in [2.05, 4.69) is 0 Å². The predicted molar refractivity (Wildman–Crippen MR) is 232 cm³/mol. The number of alkyl halides is 6. The lowest BCUT2D eigenvalue weighted by atomic mass is 9.86. The molecule has 1 aliphatic rings. The molecule has 0 unspecified atom stereocenters. The van der Waals surface area contributed by atoms with Gasteiger partial charge in [-0.15, -0.1) is 22.7 Å². The van der Waals surface area contributed by atoms with Crippen molar-refractivity contribution in [2.45, 2.75) is 97.8 Å². The van der Waals surface area contributed by atoms with Crippen LogP contribution >= 0.6 is 22.7 Å². The van der Waals surface area contributed by atoms with Crippen molar-refractivity contribution in [3.8, 4) is 53.3 Å². The summed E-state index contributed by atoms with van der Waals surface area (Å²) >= 11 is 2.08. The number of allylic oxidation sites excluding steroid dienone is 2. The first kappa shape index (κ1) is 42.3. The van der Waals surface area contributed by atoms with Crippen LogP contribution in [-0.4, -0.2) is 28.0 Å². The van der Waals surface area contributed by atoms with E-state index in [1.54, 1.807) is 76.2 Å². The SMILES string of the molecule is Cc1cc(-c2cc(C3=C(c4cc(-c5cc(C)c(O)c(C)c5)sc4-c4ccc(C(C)(C)C)cc4)C(F)(F)C(F)(F)C3(F)F)c(-c3ccc(C(C)(C)C)cc3)s2)cc(C)c1O. The maximum Gasteiger partial charge on any atom is 0.380 e. The highest BCUT2D eigenvalue weighted by molar-refractivity contribution is 7.19. The van der Waals surface area contributed by atoms with Crippen molar-refractivity contribution in [1.29, 1.82) is 0 Å². The molecule has 0 spiro atoms. The molecule has 6 aromatic rings. The van der Waals surface area contributed by atoms with E-state index in [0.29, 0.717) is 54.3 Å². The summed E-state index contributed by atoms with van der Waals surface area (Å²) in [4.78, 5) is 1.00. The molecule has 0 bridgehead atoms. The van der Waals surface area contributed by atoms with Crippen LogP contribution < -0.4 is 0 Å². The van der Waals surface area contributed by atoms with Crippen molar-refractivity contribution in [1.82, 2.24) is 0 Å². The van der Waals surface area contributed by atoms with Crippen LogP contribution in [0.4, 0.5) is 26.3 Å². The molecule has 7 rings (SSSR count). The molecule has 2 heterocycles. The zero-order chi connectivity index (χ0) is 43.4. The van der Waals surface area contributed by atoms with Crippen molar-refractivity contribution in [3.05, 3.63) is 129 Å². The Morgan fingerprint density at radius 3 is 1.00 bits per heavy atom. The molecule has 4 aromatic carbocycles. The van der Waals surface area contributed by atoms with Crippen molar-refractivity contribution in [2.75, 3.05) is 0 Å². The minimum atomic E-state index is -5.80. The quantitative estimate of drug-likeness (QED) is 0.164. The summed E-state index contributed by atoms with van der Waals surface area (Å²) in [5.74, 6) is -16.3. The van der Waals surface area contributed by atoms with E-state index in [0.717, 1.165) is 33.8 Å². The smallest absolute Gasteiger partial charge is 0.380 e. The number of halogens is 6. The Labute approximate surface area is 349 Å². The molecular weight excluding hydrogens is 799 g/mol. The van der Waals surface area contributed by atoms with Crippen LogP contribution in [0.15, 0.2) is 84.9 Å². The zero-order valence-corrected chi connectivity index (χ0v) is 36.2. The number of aromatic hydroxyl groups is 2. The number of hydrogen-bond acceptors (Lipinski definition) is 4. The van der Waals surface area contributed by atoms with Gasteiger partial charge in [0.25, 0.3) is 0 Å². The van der Waals surface area contributed by atoms with Crippen LogP contribution in [0.3, 0.4) is 0 Å². The fourth-order valence-corrected chi connectivity index (χ4v) is 10.1. The first-order chi connectivity index (χ1) is 27.3. The molecule has 2 N–H and O–H groups in total. The fourth-order valence-electron chi connectivity index (χ4n) is 7.74. The molecule has 2 nitrogen and oxygen atoms in total. The monoisotopic (exact) mass is 844 g/mol. The molecule has 0 atom stereocenters. The molecule has 0 saturated carbocycles. The van der Waals surface area contributed by atoms with E-state index in [1.807, 2.05) is 65.8 Å². The summed E-state index contributed by atoms with van der Waals surface area (Å²) < 4.78 is 99.8. The topological polar surface area (TPSA) is 40.5 Å². The third-order valence-corrected chi connectivity index (χ3v) is 13.7. The number of thiophene rings is 2. The average molecular weight is 845 g/mol. The summed E-state index contributed by atoms with van der Waals surface area (Å²) in [6.45, 7) is 18.8. The molecule has 1 aliphatic carbocycles. The van der Waals surface area contributed by atoms with Gasteiger partial charge in [-0.05, 0) is 131 Å². The molecule has 0 aliphatic heterocycles. The molecular formula is C49H46F6O2S2. The van der Waals surface area contributed by atoms with Crippen LogP contribution in [0, 0.1) is 27.7 Å². The van der Waals surface area contributed by atoms with Crippen LogP contribution in [0.5, 0.6) is 11.5 Å². The van der Waals surface area contributed by atoms with Gasteiger partial charge in [0, 0.05) is 41.8 Å². The summed E-state index contributed by atoms with van der Waals surface area (Å²) in [7, 11) is 0. The molecule has 59 heavy (non-hydrogen) atoms. The van der Waals surface area contributed by atoms with Gasteiger partial charge < -0.3 is 10.2 Å². The number of benzene rings is 4. The Bertz CT molecular complexity index is 2420. The third-order valence-electron chi connectivity index (χ3n) is 11.2. The Morgan fingerprint density at radius 1 is 0.441 bits per heavy atom. The zero-order valence-electron chi connectivity index (χ0n) is 34.6. The Hall–Kier alpha value is -4.80. The lowest BCUT2D eigenvalue weighted by Gasteiger charge is -2.26. The van der Waals surface area contributed by atoms with E-state index in [4.69, 9.17) is 0 Å². The van der Waals surface area contributed by atoms with E-state index < -0.39 is 40.0 Å². The maximum atomic E-state index is 16.9. The standard InChI is InChI=1S/C49H46F6O2S2/c1-25-19-31(20-26(2)41(25)56)37-23-35(43(58-37)29-11-15-33(16-12-29)45(5,6)7)39-40(48(52,53)49(54,55)47(39,50)51)36-24-38(32-21-27(3)42(57)28(4)22-32)59-44(36)30-13-17-34(18-14-30)46(8,9)10/h11-24,56-57H,1-10H3. The van der Waals surface area contributed by atoms with E-state index >= 15 is 26.3 Å². The summed E-state index contributed by atoms with van der Waals surface area (Å²) in [6, 6.07) is 23.4. The van der Waals surface area contributed by atoms with Gasteiger partial charge in [0.1, 0.15) is 11.5 Å². The molecule has 0 radical (unpaired) electrons. The van der Waals surface area contributed by atoms with Crippen molar-refractivity contribution < 1.29 is 36.6 Å². The maximum absolute atomic E-state index is 16.9. The van der Waals surface area contributed by atoms with Crippen LogP contribution in [0.25, 0.3) is 52.9 Å². The summed E-state index contributed by atoms with van der Waals surface area (Å²) in [6.07, 6.45) is 0. The van der Waals surface area contributed by atoms with Crippen molar-refractivity contribution >= 4 is 33.8 Å². The Kier molecular flexibility index (Phi) is 10.2.